The van der Waals surface area contributed by atoms with E-state index < -0.39 is 17.3 Å². The standard InChI is InChI=1S/C36H58O5/c1-9-10-19-39-29(38)35-16-13-30(2,3)23-25(35)24-22-26(37)28-32(6)14-18-36(40-20-21-41-36)31(4,5)27(32)11-12-34(28,8)33(24,7)15-17-35/h22,25-28,37H,9-21,23H2,1-8H3/t25?,26-,27?,28?,32-,33+,34+,35-/m0/s1. The smallest absolute Gasteiger partial charge is 0.312 e. The molecule has 0 aromatic heterocycles. The number of ether oxygens (including phenoxy) is 3. The topological polar surface area (TPSA) is 65.0 Å². The fourth-order valence-electron chi connectivity index (χ4n) is 12.1. The predicted octanol–water partition coefficient (Wildman–Crippen LogP) is 7.85. The van der Waals surface area contributed by atoms with Crippen LogP contribution in [0.4, 0.5) is 0 Å². The number of aliphatic hydroxyl groups is 1. The molecule has 0 radical (unpaired) electrons. The molecule has 6 aliphatic rings. The summed E-state index contributed by atoms with van der Waals surface area (Å²) in [6.07, 6.45) is 12.7. The van der Waals surface area contributed by atoms with Crippen LogP contribution in [-0.2, 0) is 19.0 Å². The first kappa shape index (κ1) is 30.1. The van der Waals surface area contributed by atoms with Gasteiger partial charge in [0.25, 0.3) is 0 Å². The van der Waals surface area contributed by atoms with E-state index in [2.05, 4.69) is 61.5 Å². The third-order valence-corrected chi connectivity index (χ3v) is 14.6. The molecular weight excluding hydrogens is 512 g/mol. The van der Waals surface area contributed by atoms with Crippen LogP contribution in [0.3, 0.4) is 0 Å². The van der Waals surface area contributed by atoms with Crippen molar-refractivity contribution in [3.05, 3.63) is 11.6 Å². The van der Waals surface area contributed by atoms with Crippen LogP contribution >= 0.6 is 0 Å². The molecule has 1 spiro atoms. The molecule has 6 rings (SSSR count). The van der Waals surface area contributed by atoms with Crippen molar-refractivity contribution in [2.75, 3.05) is 19.8 Å². The Labute approximate surface area is 249 Å². The molecule has 41 heavy (non-hydrogen) atoms. The molecule has 3 unspecified atom stereocenters. The fourth-order valence-corrected chi connectivity index (χ4v) is 12.1. The Hall–Kier alpha value is -0.910. The van der Waals surface area contributed by atoms with Gasteiger partial charge in [0.15, 0.2) is 5.79 Å². The molecule has 5 nitrogen and oxygen atoms in total. The Morgan fingerprint density at radius 2 is 1.63 bits per heavy atom. The molecule has 4 saturated carbocycles. The lowest BCUT2D eigenvalue weighted by molar-refractivity contribution is -0.313. The molecule has 0 bridgehead atoms. The Morgan fingerprint density at radius 3 is 2.32 bits per heavy atom. The number of carbonyl (C=O) groups is 1. The number of allylic oxidation sites excluding steroid dienone is 1. The van der Waals surface area contributed by atoms with E-state index in [9.17, 15) is 9.90 Å². The van der Waals surface area contributed by atoms with Gasteiger partial charge in [-0.1, -0.05) is 73.5 Å². The van der Waals surface area contributed by atoms with E-state index in [1.165, 1.54) is 5.57 Å². The van der Waals surface area contributed by atoms with Crippen LogP contribution < -0.4 is 0 Å². The zero-order chi connectivity index (χ0) is 29.7. The molecule has 1 N–H and O–H groups in total. The summed E-state index contributed by atoms with van der Waals surface area (Å²) in [6.45, 7) is 21.0. The second-order valence-electron chi connectivity index (χ2n) is 17.2. The largest absolute Gasteiger partial charge is 0.465 e. The highest BCUT2D eigenvalue weighted by molar-refractivity contribution is 5.78. The molecule has 1 heterocycles. The molecule has 1 aliphatic heterocycles. The first-order valence-corrected chi connectivity index (χ1v) is 17.0. The molecule has 8 atom stereocenters. The number of unbranched alkanes of at least 4 members (excludes halogenated alkanes) is 1. The molecule has 0 aromatic carbocycles. The van der Waals surface area contributed by atoms with Crippen LogP contribution in [0.2, 0.25) is 0 Å². The third-order valence-electron chi connectivity index (χ3n) is 14.6. The summed E-state index contributed by atoms with van der Waals surface area (Å²) in [5.41, 5.74) is 0.878. The van der Waals surface area contributed by atoms with E-state index in [1.54, 1.807) is 0 Å². The normalized spacial score (nSPS) is 47.4. The highest BCUT2D eigenvalue weighted by atomic mass is 16.7. The van der Waals surface area contributed by atoms with Gasteiger partial charge in [0.05, 0.1) is 31.3 Å². The van der Waals surface area contributed by atoms with Crippen LogP contribution in [-0.4, -0.2) is 42.8 Å². The van der Waals surface area contributed by atoms with Crippen molar-refractivity contribution in [3.63, 3.8) is 0 Å². The van der Waals surface area contributed by atoms with E-state index in [1.807, 2.05) is 0 Å². The Morgan fingerprint density at radius 1 is 0.951 bits per heavy atom. The molecule has 5 heteroatoms. The summed E-state index contributed by atoms with van der Waals surface area (Å²) in [7, 11) is 0. The average molecular weight is 571 g/mol. The summed E-state index contributed by atoms with van der Waals surface area (Å²) in [5, 5.41) is 12.3. The van der Waals surface area contributed by atoms with Crippen molar-refractivity contribution >= 4 is 5.97 Å². The maximum atomic E-state index is 14.0. The van der Waals surface area contributed by atoms with Gasteiger partial charge in [-0.2, -0.15) is 0 Å². The van der Waals surface area contributed by atoms with Crippen molar-refractivity contribution in [3.8, 4) is 0 Å². The first-order valence-electron chi connectivity index (χ1n) is 17.0. The summed E-state index contributed by atoms with van der Waals surface area (Å²) in [5.74, 6) is 0.261. The molecule has 5 aliphatic carbocycles. The Balaban J connectivity index is 1.41. The third kappa shape index (κ3) is 3.92. The van der Waals surface area contributed by atoms with Gasteiger partial charge in [-0.3, -0.25) is 4.79 Å². The molecular formula is C36H58O5. The van der Waals surface area contributed by atoms with Crippen LogP contribution in [0.15, 0.2) is 11.6 Å². The number of hydrogen-bond donors (Lipinski definition) is 1. The van der Waals surface area contributed by atoms with Crippen molar-refractivity contribution in [2.45, 2.75) is 138 Å². The Bertz CT molecular complexity index is 1090. The first-order chi connectivity index (χ1) is 19.1. The maximum absolute atomic E-state index is 14.0. The van der Waals surface area contributed by atoms with Gasteiger partial charge in [0, 0.05) is 17.8 Å². The molecule has 5 fully saturated rings. The highest BCUT2D eigenvalue weighted by Crippen LogP contribution is 2.76. The van der Waals surface area contributed by atoms with Crippen LogP contribution in [0, 0.1) is 50.2 Å². The summed E-state index contributed by atoms with van der Waals surface area (Å²) in [6, 6.07) is 0. The molecule has 232 valence electrons. The van der Waals surface area contributed by atoms with Crippen LogP contribution in [0.1, 0.15) is 126 Å². The van der Waals surface area contributed by atoms with E-state index >= 15 is 0 Å². The number of carbonyl (C=O) groups excluding carboxylic acids is 1. The van der Waals surface area contributed by atoms with Crippen molar-refractivity contribution < 1.29 is 24.1 Å². The highest BCUT2D eigenvalue weighted by Gasteiger charge is 2.73. The SMILES string of the molecule is CCCCOC(=O)[C@]12CCC(C)(C)CC1C1=C[C@H](O)C3[C@@]4(C)CCC5(OCCO5)C(C)(C)C4CC[C@@]3(C)[C@]1(C)CC2. The van der Waals surface area contributed by atoms with Crippen molar-refractivity contribution in [2.24, 2.45) is 50.2 Å². The summed E-state index contributed by atoms with van der Waals surface area (Å²) >= 11 is 0. The fraction of sp³-hybridized carbons (Fsp3) is 0.917. The van der Waals surface area contributed by atoms with Crippen molar-refractivity contribution in [1.29, 1.82) is 0 Å². The lowest BCUT2D eigenvalue weighted by Gasteiger charge is -2.72. The second kappa shape index (κ2) is 9.54. The quantitative estimate of drug-likeness (QED) is 0.212. The minimum absolute atomic E-state index is 0.0129. The number of aliphatic hydroxyl groups excluding tert-OH is 1. The van der Waals surface area contributed by atoms with Crippen molar-refractivity contribution in [1.82, 2.24) is 0 Å². The minimum atomic E-state index is -0.511. The number of esters is 1. The lowest BCUT2D eigenvalue weighted by atomic mass is 9.33. The molecule has 0 aromatic rings. The van der Waals surface area contributed by atoms with E-state index in [0.29, 0.717) is 25.7 Å². The van der Waals surface area contributed by atoms with Crippen LogP contribution in [0.25, 0.3) is 0 Å². The average Bonchev–Trinajstić information content (AvgIpc) is 3.39. The molecule has 0 amide bonds. The predicted molar refractivity (Wildman–Crippen MR) is 161 cm³/mol. The summed E-state index contributed by atoms with van der Waals surface area (Å²) < 4.78 is 18.8. The van der Waals surface area contributed by atoms with E-state index in [4.69, 9.17) is 14.2 Å². The van der Waals surface area contributed by atoms with Gasteiger partial charge in [0.2, 0.25) is 0 Å². The van der Waals surface area contributed by atoms with Gasteiger partial charge >= 0.3 is 5.97 Å². The maximum Gasteiger partial charge on any atom is 0.312 e. The van der Waals surface area contributed by atoms with Gasteiger partial charge in [0.1, 0.15) is 0 Å². The number of rotatable bonds is 4. The zero-order valence-electron chi connectivity index (χ0n) is 27.4. The lowest BCUT2D eigenvalue weighted by Crippen LogP contribution is -2.69. The Kier molecular flexibility index (Phi) is 7.01. The van der Waals surface area contributed by atoms with Gasteiger partial charge < -0.3 is 19.3 Å². The van der Waals surface area contributed by atoms with Gasteiger partial charge in [-0.05, 0) is 91.3 Å². The van der Waals surface area contributed by atoms with Gasteiger partial charge in [-0.25, -0.2) is 0 Å². The van der Waals surface area contributed by atoms with Crippen LogP contribution in [0.5, 0.6) is 0 Å². The van der Waals surface area contributed by atoms with Gasteiger partial charge in [-0.15, -0.1) is 0 Å². The summed E-state index contributed by atoms with van der Waals surface area (Å²) in [4.78, 5) is 14.0. The van der Waals surface area contributed by atoms with E-state index in [0.717, 1.165) is 70.6 Å². The monoisotopic (exact) mass is 570 g/mol. The molecule has 1 saturated heterocycles. The zero-order valence-corrected chi connectivity index (χ0v) is 27.4. The second-order valence-corrected chi connectivity index (χ2v) is 17.2. The number of hydrogen-bond acceptors (Lipinski definition) is 5. The van der Waals surface area contributed by atoms with E-state index in [-0.39, 0.29) is 44.9 Å². The minimum Gasteiger partial charge on any atom is -0.465 e. The number of fused-ring (bicyclic) bond motifs is 7.